The summed E-state index contributed by atoms with van der Waals surface area (Å²) in [5, 5.41) is 4.88. The first kappa shape index (κ1) is 37.1. The molecule has 0 aliphatic carbocycles. The van der Waals surface area contributed by atoms with Gasteiger partial charge in [-0.2, -0.15) is 0 Å². The van der Waals surface area contributed by atoms with Crippen LogP contribution in [0.3, 0.4) is 0 Å². The number of rotatable bonds is 15. The first-order valence-corrected chi connectivity index (χ1v) is 15.4. The number of amides is 3. The molecule has 47 heavy (non-hydrogen) atoms. The Labute approximate surface area is 290 Å². The summed E-state index contributed by atoms with van der Waals surface area (Å²) in [6.45, 7) is 9.92. The van der Waals surface area contributed by atoms with Gasteiger partial charge in [0.1, 0.15) is 21.5 Å². The molecule has 14 heteroatoms. The zero-order valence-electron chi connectivity index (χ0n) is 25.2. The lowest BCUT2D eigenvalue weighted by molar-refractivity contribution is -0.118. The van der Waals surface area contributed by atoms with Gasteiger partial charge in [-0.3, -0.25) is 24.0 Å². The van der Waals surface area contributed by atoms with Gasteiger partial charge in [0.15, 0.2) is 24.8 Å². The molecule has 0 radical (unpaired) electrons. The number of hydrogen-bond acceptors (Lipinski definition) is 7. The highest BCUT2D eigenvalue weighted by atomic mass is 35.5. The van der Waals surface area contributed by atoms with E-state index < -0.39 is 30.9 Å². The van der Waals surface area contributed by atoms with Gasteiger partial charge in [-0.25, -0.2) is 0 Å². The van der Waals surface area contributed by atoms with Crippen LogP contribution in [0.4, 0.5) is 11.4 Å². The zero-order valence-corrected chi connectivity index (χ0v) is 28.3. The van der Waals surface area contributed by atoms with Crippen molar-refractivity contribution in [1.29, 1.82) is 0 Å². The summed E-state index contributed by atoms with van der Waals surface area (Å²) in [4.78, 5) is 62.2. The maximum absolute atomic E-state index is 12.7. The summed E-state index contributed by atoms with van der Waals surface area (Å²) in [6, 6.07) is 9.62. The first-order valence-electron chi connectivity index (χ1n) is 13.9. The number of anilines is 2. The minimum absolute atomic E-state index is 0.0209. The fourth-order valence-electron chi connectivity index (χ4n) is 3.93. The van der Waals surface area contributed by atoms with Gasteiger partial charge in [0.05, 0.1) is 10.0 Å². The number of allylic oxidation sites excluding steroid dienone is 2. The number of hydrogen-bond donors (Lipinski definition) is 3. The molecule has 0 fully saturated rings. The second kappa shape index (κ2) is 16.5. The second-order valence-electron chi connectivity index (χ2n) is 9.89. The Morgan fingerprint density at radius 2 is 1.04 bits per heavy atom. The van der Waals surface area contributed by atoms with Crippen molar-refractivity contribution in [3.8, 4) is 11.5 Å². The number of carbonyl (C=O) groups is 5. The molecule has 0 spiro atoms. The Balaban J connectivity index is 1.67. The van der Waals surface area contributed by atoms with Crippen LogP contribution in [-0.2, 0) is 9.59 Å². The first-order chi connectivity index (χ1) is 22.2. The molecular weight excluding hydrogens is 692 g/mol. The second-order valence-corrected chi connectivity index (χ2v) is 11.4. The van der Waals surface area contributed by atoms with Gasteiger partial charge in [-0.05, 0) is 66.5 Å². The van der Waals surface area contributed by atoms with Gasteiger partial charge in [-0.1, -0.05) is 73.4 Å². The Morgan fingerprint density at radius 1 is 0.660 bits per heavy atom. The van der Waals surface area contributed by atoms with Crippen LogP contribution in [0.15, 0.2) is 66.8 Å². The SMILES string of the molecule is C=C(CC)C(=O)c1ccc(OCC(=O)Nc2cc(NC(=O)COc3ccc(C(=O)C(=C)CC)c(Cl)c3Cl)cc(C(N)=O)c2)c(Cl)c1Cl. The van der Waals surface area contributed by atoms with Crippen molar-refractivity contribution in [3.05, 3.63) is 104 Å². The predicted molar refractivity (Wildman–Crippen MR) is 184 cm³/mol. The Bertz CT molecular complexity index is 1690. The summed E-state index contributed by atoms with van der Waals surface area (Å²) in [5.41, 5.74) is 6.64. The van der Waals surface area contributed by atoms with Gasteiger partial charge in [0, 0.05) is 28.1 Å². The molecule has 3 aromatic rings. The largest absolute Gasteiger partial charge is 0.482 e. The highest BCUT2D eigenvalue weighted by Crippen LogP contribution is 2.37. The summed E-state index contributed by atoms with van der Waals surface area (Å²) in [6.07, 6.45) is 0.862. The molecule has 3 rings (SSSR count). The average Bonchev–Trinajstić information content (AvgIpc) is 3.04. The van der Waals surface area contributed by atoms with E-state index in [1.807, 2.05) is 0 Å². The van der Waals surface area contributed by atoms with Crippen molar-refractivity contribution < 1.29 is 33.4 Å². The van der Waals surface area contributed by atoms with Crippen LogP contribution in [0.5, 0.6) is 11.5 Å². The van der Waals surface area contributed by atoms with Gasteiger partial charge in [0.2, 0.25) is 5.91 Å². The third-order valence-corrected chi connectivity index (χ3v) is 8.31. The Morgan fingerprint density at radius 3 is 1.38 bits per heavy atom. The number of nitrogens with two attached hydrogens (primary N) is 1. The lowest BCUT2D eigenvalue weighted by Gasteiger charge is -2.14. The molecule has 0 bridgehead atoms. The summed E-state index contributed by atoms with van der Waals surface area (Å²) >= 11 is 25.1. The number of carbonyl (C=O) groups excluding carboxylic acids is 5. The van der Waals surface area contributed by atoms with E-state index in [0.29, 0.717) is 24.0 Å². The van der Waals surface area contributed by atoms with Crippen molar-refractivity contribution in [2.24, 2.45) is 5.73 Å². The van der Waals surface area contributed by atoms with E-state index in [1.165, 1.54) is 42.5 Å². The third-order valence-electron chi connectivity index (χ3n) is 6.58. The number of ketones is 2. The van der Waals surface area contributed by atoms with Gasteiger partial charge in [0.25, 0.3) is 11.8 Å². The molecule has 3 amide bonds. The van der Waals surface area contributed by atoms with E-state index in [0.717, 1.165) is 0 Å². The normalized spacial score (nSPS) is 10.5. The van der Waals surface area contributed by atoms with Crippen LogP contribution in [0, 0.1) is 0 Å². The van der Waals surface area contributed by atoms with E-state index >= 15 is 0 Å². The summed E-state index contributed by atoms with van der Waals surface area (Å²) in [7, 11) is 0. The maximum atomic E-state index is 12.7. The fraction of sp³-hybridized carbons (Fsp3) is 0.182. The molecule has 0 atom stereocenters. The number of benzene rings is 3. The minimum Gasteiger partial charge on any atom is -0.482 e. The number of Topliss-reactive ketones (excluding diaryl/α,β-unsaturated/α-hetero) is 2. The molecule has 0 aliphatic heterocycles. The number of ether oxygens (including phenoxy) is 2. The van der Waals surface area contributed by atoms with Crippen molar-refractivity contribution in [2.45, 2.75) is 26.7 Å². The molecule has 0 aliphatic rings. The molecule has 0 heterocycles. The van der Waals surface area contributed by atoms with Crippen LogP contribution in [0.25, 0.3) is 0 Å². The minimum atomic E-state index is -0.826. The van der Waals surface area contributed by atoms with E-state index in [2.05, 4.69) is 23.8 Å². The topological polar surface area (TPSA) is 154 Å². The van der Waals surface area contributed by atoms with Crippen LogP contribution in [0.1, 0.15) is 57.8 Å². The van der Waals surface area contributed by atoms with Gasteiger partial charge < -0.3 is 25.8 Å². The highest BCUT2D eigenvalue weighted by Gasteiger charge is 2.20. The van der Waals surface area contributed by atoms with Crippen LogP contribution < -0.4 is 25.8 Å². The van der Waals surface area contributed by atoms with Crippen molar-refractivity contribution in [3.63, 3.8) is 0 Å². The molecule has 0 saturated heterocycles. The molecule has 4 N–H and O–H groups in total. The molecule has 3 aromatic carbocycles. The number of primary amides is 1. The van der Waals surface area contributed by atoms with Crippen molar-refractivity contribution in [1.82, 2.24) is 0 Å². The van der Waals surface area contributed by atoms with Crippen LogP contribution in [-0.4, -0.2) is 42.5 Å². The summed E-state index contributed by atoms with van der Waals surface area (Å²) < 4.78 is 11.0. The number of halogens is 4. The molecule has 10 nitrogen and oxygen atoms in total. The lowest BCUT2D eigenvalue weighted by atomic mass is 10.0. The molecule has 0 unspecified atom stereocenters. The van der Waals surface area contributed by atoms with Crippen molar-refractivity contribution >= 4 is 87.1 Å². The quantitative estimate of drug-likeness (QED) is 0.107. The van der Waals surface area contributed by atoms with E-state index in [1.54, 1.807) is 13.8 Å². The lowest BCUT2D eigenvalue weighted by Crippen LogP contribution is -2.23. The van der Waals surface area contributed by atoms with Crippen LogP contribution >= 0.6 is 46.4 Å². The monoisotopic (exact) mass is 719 g/mol. The standard InChI is InChI=1S/C33H29Cl4N3O7/c1-5-16(3)31(43)21-7-9-23(29(36)27(21)34)46-14-25(41)39-19-11-18(33(38)45)12-20(13-19)40-26(42)15-47-24-10-8-22(28(35)30(24)37)32(44)17(4)6-2/h7-13H,3-6,14-15H2,1-2H3,(H2,38,45)(H,39,41)(H,40,42). The average molecular weight is 721 g/mol. The Hall–Kier alpha value is -4.35. The Kier molecular flexibility index (Phi) is 13.0. The molecule has 246 valence electrons. The molecule has 0 aromatic heterocycles. The van der Waals surface area contributed by atoms with Gasteiger partial charge >= 0.3 is 0 Å². The molecule has 0 saturated carbocycles. The number of nitrogens with one attached hydrogen (secondary N) is 2. The molecular formula is C33H29Cl4N3O7. The maximum Gasteiger partial charge on any atom is 0.262 e. The van der Waals surface area contributed by atoms with Gasteiger partial charge in [-0.15, -0.1) is 0 Å². The third kappa shape index (κ3) is 9.36. The summed E-state index contributed by atoms with van der Waals surface area (Å²) in [5.74, 6) is -2.75. The smallest absolute Gasteiger partial charge is 0.262 e. The fourth-order valence-corrected chi connectivity index (χ4v) is 4.86. The van der Waals surface area contributed by atoms with E-state index in [4.69, 9.17) is 61.6 Å². The predicted octanol–water partition coefficient (Wildman–Crippen LogP) is 7.73. The highest BCUT2D eigenvalue weighted by molar-refractivity contribution is 6.46. The van der Waals surface area contributed by atoms with Crippen molar-refractivity contribution in [2.75, 3.05) is 23.8 Å². The van der Waals surface area contributed by atoms with Crippen LogP contribution in [0.2, 0.25) is 20.1 Å². The zero-order chi connectivity index (χ0) is 35.0. The van der Waals surface area contributed by atoms with E-state index in [-0.39, 0.29) is 71.2 Å². The van der Waals surface area contributed by atoms with E-state index in [9.17, 15) is 24.0 Å².